The Labute approximate surface area is 101 Å². The van der Waals surface area contributed by atoms with Crippen molar-refractivity contribution in [3.63, 3.8) is 0 Å². The number of hydrogen-bond donors (Lipinski definition) is 0. The van der Waals surface area contributed by atoms with Crippen LogP contribution in [-0.4, -0.2) is 18.8 Å². The van der Waals surface area contributed by atoms with E-state index in [0.717, 1.165) is 5.75 Å². The fourth-order valence-electron chi connectivity index (χ4n) is 1.11. The van der Waals surface area contributed by atoms with Gasteiger partial charge in [0.1, 0.15) is 0 Å². The molecule has 0 aliphatic carbocycles. The first-order chi connectivity index (χ1) is 7.72. The Kier molecular flexibility index (Phi) is 5.72. The Hall–Kier alpha value is -1.22. The van der Waals surface area contributed by atoms with Gasteiger partial charge in [-0.1, -0.05) is 31.2 Å². The highest BCUT2D eigenvalue weighted by atomic mass is 32.2. The summed E-state index contributed by atoms with van der Waals surface area (Å²) in [6.45, 7) is 2.08. The van der Waals surface area contributed by atoms with Crippen LogP contribution < -0.4 is 0 Å². The summed E-state index contributed by atoms with van der Waals surface area (Å²) in [6, 6.07) is 10.2. The Morgan fingerprint density at radius 3 is 2.75 bits per heavy atom. The summed E-state index contributed by atoms with van der Waals surface area (Å²) in [5, 5.41) is 0. The molecule has 0 saturated carbocycles. The highest BCUT2D eigenvalue weighted by Crippen LogP contribution is 2.20. The molecule has 0 amide bonds. The maximum absolute atomic E-state index is 10.9. The number of carbonyl (C=O) groups is 1. The molecule has 0 spiro atoms. The minimum atomic E-state index is -0.295. The van der Waals surface area contributed by atoms with Crippen molar-refractivity contribution in [1.29, 1.82) is 0 Å². The molecule has 16 heavy (non-hydrogen) atoms. The molecule has 1 aromatic rings. The molecule has 1 aromatic carbocycles. The number of esters is 1. The van der Waals surface area contributed by atoms with Gasteiger partial charge in [-0.15, -0.1) is 11.8 Å². The first-order valence-electron chi connectivity index (χ1n) is 5.16. The molecule has 0 aliphatic heterocycles. The maximum Gasteiger partial charge on any atom is 0.330 e. The van der Waals surface area contributed by atoms with Crippen LogP contribution in [0.2, 0.25) is 0 Å². The molecule has 0 N–H and O–H groups in total. The zero-order valence-corrected chi connectivity index (χ0v) is 10.4. The number of rotatable bonds is 5. The molecular weight excluding hydrogens is 220 g/mol. The second-order valence-corrected chi connectivity index (χ2v) is 4.58. The summed E-state index contributed by atoms with van der Waals surface area (Å²) >= 11 is 1.78. The molecule has 3 heteroatoms. The molecule has 1 rings (SSSR count). The fourth-order valence-corrected chi connectivity index (χ4v) is 2.03. The molecule has 0 fully saturated rings. The van der Waals surface area contributed by atoms with Gasteiger partial charge < -0.3 is 4.74 Å². The average molecular weight is 236 g/mol. The third-order valence-corrected chi connectivity index (χ3v) is 3.32. The first-order valence-corrected chi connectivity index (χ1v) is 6.15. The van der Waals surface area contributed by atoms with Crippen LogP contribution in [0.3, 0.4) is 0 Å². The number of benzene rings is 1. The Balaban J connectivity index is 2.33. The molecule has 0 aliphatic rings. The molecule has 1 atom stereocenters. The minimum Gasteiger partial charge on any atom is -0.466 e. The van der Waals surface area contributed by atoms with Crippen LogP contribution in [0.1, 0.15) is 6.92 Å². The third kappa shape index (κ3) is 5.03. The normalized spacial score (nSPS) is 12.6. The smallest absolute Gasteiger partial charge is 0.330 e. The summed E-state index contributed by atoms with van der Waals surface area (Å²) in [6.07, 6.45) is 3.36. The number of methoxy groups -OCH3 is 1. The van der Waals surface area contributed by atoms with Gasteiger partial charge in [-0.3, -0.25) is 0 Å². The number of hydrogen-bond acceptors (Lipinski definition) is 3. The van der Waals surface area contributed by atoms with Crippen molar-refractivity contribution >= 4 is 17.7 Å². The van der Waals surface area contributed by atoms with Crippen molar-refractivity contribution in [3.05, 3.63) is 42.5 Å². The molecular formula is C13H16O2S. The van der Waals surface area contributed by atoms with Crippen LogP contribution in [0, 0.1) is 5.92 Å². The molecule has 2 nitrogen and oxygen atoms in total. The van der Waals surface area contributed by atoms with Gasteiger partial charge in [-0.25, -0.2) is 4.79 Å². The lowest BCUT2D eigenvalue weighted by Gasteiger charge is -2.05. The lowest BCUT2D eigenvalue weighted by molar-refractivity contribution is -0.134. The van der Waals surface area contributed by atoms with Crippen LogP contribution in [0.5, 0.6) is 0 Å². The van der Waals surface area contributed by atoms with E-state index in [4.69, 9.17) is 0 Å². The van der Waals surface area contributed by atoms with Crippen LogP contribution in [-0.2, 0) is 9.53 Å². The van der Waals surface area contributed by atoms with Crippen LogP contribution >= 0.6 is 11.8 Å². The van der Waals surface area contributed by atoms with E-state index in [-0.39, 0.29) is 5.97 Å². The van der Waals surface area contributed by atoms with Gasteiger partial charge >= 0.3 is 5.97 Å². The van der Waals surface area contributed by atoms with Gasteiger partial charge in [0.2, 0.25) is 0 Å². The predicted molar refractivity (Wildman–Crippen MR) is 67.5 cm³/mol. The van der Waals surface area contributed by atoms with Crippen LogP contribution in [0.15, 0.2) is 47.4 Å². The SMILES string of the molecule is COC(=O)/C=C\[C@H](C)CSc1ccccc1. The minimum absolute atomic E-state index is 0.295. The van der Waals surface area contributed by atoms with E-state index in [1.54, 1.807) is 11.8 Å². The van der Waals surface area contributed by atoms with Gasteiger partial charge in [0.05, 0.1) is 7.11 Å². The lowest BCUT2D eigenvalue weighted by Crippen LogP contribution is -1.98. The van der Waals surface area contributed by atoms with Crippen molar-refractivity contribution in [2.45, 2.75) is 11.8 Å². The molecule has 0 heterocycles. The van der Waals surface area contributed by atoms with E-state index in [1.165, 1.54) is 18.1 Å². The second-order valence-electron chi connectivity index (χ2n) is 3.48. The van der Waals surface area contributed by atoms with Gasteiger partial charge in [-0.2, -0.15) is 0 Å². The standard InChI is InChI=1S/C13H16O2S/c1-11(8-9-13(14)15-2)10-16-12-6-4-3-5-7-12/h3-9,11H,10H2,1-2H3/b9-8-/t11-/m0/s1. The van der Waals surface area contributed by atoms with Crippen LogP contribution in [0.4, 0.5) is 0 Å². The molecule has 86 valence electrons. The van der Waals surface area contributed by atoms with Gasteiger partial charge in [0.25, 0.3) is 0 Å². The molecule has 0 saturated heterocycles. The van der Waals surface area contributed by atoms with Crippen molar-refractivity contribution in [3.8, 4) is 0 Å². The summed E-state index contributed by atoms with van der Waals surface area (Å²) in [4.78, 5) is 12.1. The summed E-state index contributed by atoms with van der Waals surface area (Å²) < 4.78 is 4.53. The van der Waals surface area contributed by atoms with Crippen LogP contribution in [0.25, 0.3) is 0 Å². The molecule has 0 radical (unpaired) electrons. The maximum atomic E-state index is 10.9. The van der Waals surface area contributed by atoms with Crippen molar-refractivity contribution in [1.82, 2.24) is 0 Å². The Morgan fingerprint density at radius 1 is 1.44 bits per heavy atom. The molecule has 0 unspecified atom stereocenters. The number of allylic oxidation sites excluding steroid dienone is 1. The number of carbonyl (C=O) groups excluding carboxylic acids is 1. The third-order valence-electron chi connectivity index (χ3n) is 2.02. The first kappa shape index (κ1) is 12.8. The van der Waals surface area contributed by atoms with E-state index < -0.39 is 0 Å². The van der Waals surface area contributed by atoms with Gasteiger partial charge in [0, 0.05) is 16.7 Å². The van der Waals surface area contributed by atoms with E-state index >= 15 is 0 Å². The lowest BCUT2D eigenvalue weighted by atomic mass is 10.2. The largest absolute Gasteiger partial charge is 0.466 e. The van der Waals surface area contributed by atoms with Crippen molar-refractivity contribution in [2.75, 3.05) is 12.9 Å². The predicted octanol–water partition coefficient (Wildman–Crippen LogP) is 3.14. The monoisotopic (exact) mass is 236 g/mol. The average Bonchev–Trinajstić information content (AvgIpc) is 2.34. The molecule has 0 aromatic heterocycles. The van der Waals surface area contributed by atoms with Crippen molar-refractivity contribution in [2.24, 2.45) is 5.92 Å². The quantitative estimate of drug-likeness (QED) is 0.446. The second kappa shape index (κ2) is 7.12. The Morgan fingerprint density at radius 2 is 2.12 bits per heavy atom. The zero-order valence-electron chi connectivity index (χ0n) is 9.55. The van der Waals surface area contributed by atoms with E-state index in [0.29, 0.717) is 5.92 Å². The van der Waals surface area contributed by atoms with E-state index in [1.807, 2.05) is 24.3 Å². The van der Waals surface area contributed by atoms with E-state index in [9.17, 15) is 4.79 Å². The topological polar surface area (TPSA) is 26.3 Å². The Bertz CT molecular complexity index is 346. The number of ether oxygens (including phenoxy) is 1. The van der Waals surface area contributed by atoms with Gasteiger partial charge in [-0.05, 0) is 18.1 Å². The van der Waals surface area contributed by atoms with Crippen molar-refractivity contribution < 1.29 is 9.53 Å². The summed E-state index contributed by atoms with van der Waals surface area (Å²) in [5.74, 6) is 1.01. The number of thioether (sulfide) groups is 1. The highest BCUT2D eigenvalue weighted by molar-refractivity contribution is 7.99. The van der Waals surface area contributed by atoms with E-state index in [2.05, 4.69) is 23.8 Å². The summed E-state index contributed by atoms with van der Waals surface area (Å²) in [7, 11) is 1.38. The highest BCUT2D eigenvalue weighted by Gasteiger charge is 2.00. The summed E-state index contributed by atoms with van der Waals surface area (Å²) in [5.41, 5.74) is 0. The zero-order chi connectivity index (χ0) is 11.8. The van der Waals surface area contributed by atoms with Gasteiger partial charge in [0.15, 0.2) is 0 Å². The fraction of sp³-hybridized carbons (Fsp3) is 0.308. The molecule has 0 bridgehead atoms.